The van der Waals surface area contributed by atoms with Crippen molar-refractivity contribution >= 4 is 51.8 Å². The molecule has 1 unspecified atom stereocenters. The lowest BCUT2D eigenvalue weighted by molar-refractivity contribution is 0.613. The molecule has 2 heterocycles. The van der Waals surface area contributed by atoms with E-state index < -0.39 is 0 Å². The van der Waals surface area contributed by atoms with Gasteiger partial charge in [0.25, 0.3) is 0 Å². The maximum absolute atomic E-state index is 6.63. The fraction of sp³-hybridized carbons (Fsp3) is 0.190. The number of nitrogens with one attached hydrogen (secondary N) is 1. The van der Waals surface area contributed by atoms with Crippen LogP contribution < -0.4 is 5.32 Å². The van der Waals surface area contributed by atoms with Crippen LogP contribution in [0.1, 0.15) is 16.5 Å². The van der Waals surface area contributed by atoms with Crippen molar-refractivity contribution in [1.82, 2.24) is 19.7 Å². The van der Waals surface area contributed by atoms with Gasteiger partial charge in [0.05, 0.1) is 23.5 Å². The predicted octanol–water partition coefficient (Wildman–Crippen LogP) is 5.79. The van der Waals surface area contributed by atoms with Gasteiger partial charge in [-0.05, 0) is 29.5 Å². The molecule has 0 aliphatic heterocycles. The second kappa shape index (κ2) is 9.03. The van der Waals surface area contributed by atoms with Crippen LogP contribution in [0.3, 0.4) is 0 Å². The monoisotopic (exact) mass is 443 g/mol. The molecule has 5 nitrogen and oxygen atoms in total. The topological polar surface area (TPSA) is 55.6 Å². The summed E-state index contributed by atoms with van der Waals surface area (Å²) in [6.45, 7) is 1.13. The highest BCUT2D eigenvalue weighted by Gasteiger charge is 2.16. The summed E-state index contributed by atoms with van der Waals surface area (Å²) in [6.07, 6.45) is 3.74. The molecule has 1 atom stereocenters. The molecule has 4 aromatic rings. The Morgan fingerprint density at radius 2 is 1.93 bits per heavy atom. The van der Waals surface area contributed by atoms with Gasteiger partial charge < -0.3 is 5.32 Å². The Morgan fingerprint density at radius 3 is 2.69 bits per heavy atom. The largest absolute Gasteiger partial charge is 0.365 e. The van der Waals surface area contributed by atoms with E-state index in [9.17, 15) is 0 Å². The van der Waals surface area contributed by atoms with Gasteiger partial charge in [0.1, 0.15) is 5.82 Å². The third kappa shape index (κ3) is 4.66. The van der Waals surface area contributed by atoms with Gasteiger partial charge in [-0.15, -0.1) is 11.6 Å². The zero-order valence-electron chi connectivity index (χ0n) is 15.7. The van der Waals surface area contributed by atoms with Crippen LogP contribution in [-0.2, 0) is 13.1 Å². The lowest BCUT2D eigenvalue weighted by atomic mass is 10.1. The fourth-order valence-electron chi connectivity index (χ4n) is 3.05. The molecular weight excluding hydrogens is 425 g/mol. The molecule has 2 aromatic carbocycles. The van der Waals surface area contributed by atoms with Crippen molar-refractivity contribution in [2.24, 2.45) is 0 Å². The molecule has 0 spiro atoms. The summed E-state index contributed by atoms with van der Waals surface area (Å²) in [4.78, 5) is 9.29. The Balaban J connectivity index is 1.62. The number of nitrogens with zero attached hydrogens (tertiary/aromatic N) is 4. The van der Waals surface area contributed by atoms with Crippen molar-refractivity contribution in [2.45, 2.75) is 23.6 Å². The quantitative estimate of drug-likeness (QED) is 0.222. The lowest BCUT2D eigenvalue weighted by Crippen LogP contribution is -2.08. The van der Waals surface area contributed by atoms with Crippen LogP contribution in [-0.4, -0.2) is 26.0 Å². The van der Waals surface area contributed by atoms with Crippen molar-refractivity contribution in [2.75, 3.05) is 11.6 Å². The summed E-state index contributed by atoms with van der Waals surface area (Å²) in [5.74, 6) is 0.747. The summed E-state index contributed by atoms with van der Waals surface area (Å²) in [5.41, 5.74) is 2.89. The van der Waals surface area contributed by atoms with Crippen molar-refractivity contribution in [1.29, 1.82) is 0 Å². The Hall–Kier alpha value is -2.28. The van der Waals surface area contributed by atoms with E-state index in [2.05, 4.69) is 20.4 Å². The number of benzene rings is 2. The van der Waals surface area contributed by atoms with Gasteiger partial charge >= 0.3 is 0 Å². The average molecular weight is 444 g/mol. The molecular formula is C21H19Cl2N5S. The molecule has 0 saturated heterocycles. The van der Waals surface area contributed by atoms with Crippen LogP contribution in [0.25, 0.3) is 11.0 Å². The van der Waals surface area contributed by atoms with Crippen molar-refractivity contribution in [3.8, 4) is 0 Å². The molecule has 0 amide bonds. The summed E-state index contributed by atoms with van der Waals surface area (Å²) >= 11 is 14.2. The molecule has 2 aromatic heterocycles. The number of halogens is 2. The molecule has 0 aliphatic rings. The maximum Gasteiger partial charge on any atom is 0.191 e. The number of aromatic nitrogens is 4. The van der Waals surface area contributed by atoms with Gasteiger partial charge in [-0.3, -0.25) is 0 Å². The highest BCUT2D eigenvalue weighted by molar-refractivity contribution is 7.98. The number of hydrogen-bond donors (Lipinski definition) is 1. The van der Waals surface area contributed by atoms with E-state index in [0.717, 1.165) is 28.0 Å². The molecule has 8 heteroatoms. The first kappa shape index (κ1) is 20.0. The number of anilines is 1. The average Bonchev–Trinajstić information content (AvgIpc) is 3.15. The van der Waals surface area contributed by atoms with Crippen LogP contribution in [0.5, 0.6) is 0 Å². The van der Waals surface area contributed by atoms with Crippen LogP contribution in [0, 0.1) is 0 Å². The van der Waals surface area contributed by atoms with E-state index >= 15 is 0 Å². The molecule has 0 fully saturated rings. The van der Waals surface area contributed by atoms with Gasteiger partial charge in [0.15, 0.2) is 10.8 Å². The SMILES string of the molecule is CSc1nc(NCc2cccc(Cl)c2)c2cnn(CC(Cl)c3ccccc3)c2n1. The van der Waals surface area contributed by atoms with Crippen LogP contribution in [0.15, 0.2) is 66.0 Å². The van der Waals surface area contributed by atoms with E-state index in [4.69, 9.17) is 23.2 Å². The second-order valence-corrected chi connectivity index (χ2v) is 8.22. The molecule has 148 valence electrons. The van der Waals surface area contributed by atoms with Gasteiger partial charge in [0, 0.05) is 11.6 Å². The van der Waals surface area contributed by atoms with E-state index in [-0.39, 0.29) is 5.38 Å². The molecule has 0 radical (unpaired) electrons. The maximum atomic E-state index is 6.63. The molecule has 0 saturated carbocycles. The second-order valence-electron chi connectivity index (χ2n) is 6.48. The first-order valence-electron chi connectivity index (χ1n) is 9.09. The van der Waals surface area contributed by atoms with Crippen LogP contribution in [0.4, 0.5) is 5.82 Å². The van der Waals surface area contributed by atoms with Gasteiger partial charge in [-0.1, -0.05) is 65.8 Å². The Kier molecular flexibility index (Phi) is 6.23. The Morgan fingerprint density at radius 1 is 1.10 bits per heavy atom. The number of fused-ring (bicyclic) bond motifs is 1. The highest BCUT2D eigenvalue weighted by atomic mass is 35.5. The van der Waals surface area contributed by atoms with Gasteiger partial charge in [0.2, 0.25) is 0 Å². The predicted molar refractivity (Wildman–Crippen MR) is 121 cm³/mol. The molecule has 0 aliphatic carbocycles. The van der Waals surface area contributed by atoms with Crippen LogP contribution in [0.2, 0.25) is 5.02 Å². The van der Waals surface area contributed by atoms with Crippen molar-refractivity contribution in [3.05, 3.63) is 76.9 Å². The van der Waals surface area contributed by atoms with Crippen LogP contribution >= 0.6 is 35.0 Å². The van der Waals surface area contributed by atoms with Crippen molar-refractivity contribution in [3.63, 3.8) is 0 Å². The highest BCUT2D eigenvalue weighted by Crippen LogP contribution is 2.27. The number of thioether (sulfide) groups is 1. The summed E-state index contributed by atoms with van der Waals surface area (Å²) in [7, 11) is 0. The van der Waals surface area contributed by atoms with E-state index in [1.807, 2.05) is 65.5 Å². The number of alkyl halides is 1. The number of rotatable bonds is 7. The molecule has 0 bridgehead atoms. The van der Waals surface area contributed by atoms with E-state index in [0.29, 0.717) is 23.3 Å². The Labute approximate surface area is 183 Å². The lowest BCUT2D eigenvalue weighted by Gasteiger charge is -2.12. The smallest absolute Gasteiger partial charge is 0.191 e. The van der Waals surface area contributed by atoms with E-state index in [1.165, 1.54) is 11.8 Å². The molecule has 29 heavy (non-hydrogen) atoms. The van der Waals surface area contributed by atoms with Gasteiger partial charge in [-0.25, -0.2) is 14.6 Å². The third-order valence-corrected chi connectivity index (χ3v) is 5.67. The normalized spacial score (nSPS) is 12.2. The molecule has 4 rings (SSSR count). The van der Waals surface area contributed by atoms with Gasteiger partial charge in [-0.2, -0.15) is 5.10 Å². The standard InChI is InChI=1S/C21H19Cl2N5S/c1-29-21-26-19(24-11-14-6-5-9-16(22)10-14)17-12-25-28(20(17)27-21)13-18(23)15-7-3-2-4-8-15/h2-10,12,18H,11,13H2,1H3,(H,24,26,27). The summed E-state index contributed by atoms with van der Waals surface area (Å²) in [5, 5.41) is 9.97. The summed E-state index contributed by atoms with van der Waals surface area (Å²) in [6, 6.07) is 17.7. The number of hydrogen-bond acceptors (Lipinski definition) is 5. The minimum absolute atomic E-state index is 0.199. The third-order valence-electron chi connectivity index (χ3n) is 4.50. The van der Waals surface area contributed by atoms with E-state index in [1.54, 1.807) is 6.20 Å². The fourth-order valence-corrected chi connectivity index (χ4v) is 3.90. The first-order chi connectivity index (χ1) is 14.1. The minimum Gasteiger partial charge on any atom is -0.365 e. The zero-order valence-corrected chi connectivity index (χ0v) is 18.0. The zero-order chi connectivity index (χ0) is 20.2. The van der Waals surface area contributed by atoms with Crippen molar-refractivity contribution < 1.29 is 0 Å². The minimum atomic E-state index is -0.199. The summed E-state index contributed by atoms with van der Waals surface area (Å²) < 4.78 is 1.84. The first-order valence-corrected chi connectivity index (χ1v) is 11.1. The Bertz CT molecular complexity index is 1120. The molecule has 1 N–H and O–H groups in total.